The molecule has 2 nitrogen and oxygen atoms in total. The van der Waals surface area contributed by atoms with Crippen LogP contribution in [0.15, 0.2) is 24.3 Å². The van der Waals surface area contributed by atoms with Gasteiger partial charge in [-0.25, -0.2) is 0 Å². The highest BCUT2D eigenvalue weighted by Gasteiger charge is 2.39. The first kappa shape index (κ1) is 10.9. The van der Waals surface area contributed by atoms with Crippen molar-refractivity contribution in [1.82, 2.24) is 0 Å². The van der Waals surface area contributed by atoms with Gasteiger partial charge in [-0.1, -0.05) is 26.0 Å². The van der Waals surface area contributed by atoms with Gasteiger partial charge >= 0.3 is 0 Å². The van der Waals surface area contributed by atoms with Gasteiger partial charge in [-0.2, -0.15) is 5.26 Å². The minimum absolute atomic E-state index is 0.201. The van der Waals surface area contributed by atoms with Crippen molar-refractivity contribution in [2.45, 2.75) is 32.6 Å². The highest BCUT2D eigenvalue weighted by atomic mass is 16.1. The van der Waals surface area contributed by atoms with Crippen LogP contribution < -0.4 is 0 Å². The molecule has 0 radical (unpaired) electrons. The van der Waals surface area contributed by atoms with Gasteiger partial charge in [0.25, 0.3) is 0 Å². The van der Waals surface area contributed by atoms with Gasteiger partial charge < -0.3 is 0 Å². The second kappa shape index (κ2) is 3.75. The second-order valence-electron chi connectivity index (χ2n) is 5.15. The predicted molar refractivity (Wildman–Crippen MR) is 61.9 cm³/mol. The largest absolute Gasteiger partial charge is 0.299 e. The summed E-state index contributed by atoms with van der Waals surface area (Å²) in [6.45, 7) is 4.01. The van der Waals surface area contributed by atoms with Crippen LogP contribution >= 0.6 is 0 Å². The molecule has 1 aromatic carbocycles. The van der Waals surface area contributed by atoms with Gasteiger partial charge in [-0.3, -0.25) is 4.79 Å². The third-order valence-corrected chi connectivity index (χ3v) is 3.43. The van der Waals surface area contributed by atoms with Crippen molar-refractivity contribution in [3.8, 4) is 6.07 Å². The zero-order valence-corrected chi connectivity index (χ0v) is 9.66. The Hall–Kier alpha value is -1.62. The molecular formula is C14H15NO. The van der Waals surface area contributed by atoms with E-state index in [9.17, 15) is 4.79 Å². The number of ketones is 1. The molecule has 1 aliphatic carbocycles. The number of nitriles is 1. The molecule has 1 aromatic rings. The molecule has 2 rings (SSSR count). The maximum atomic E-state index is 11.8. The monoisotopic (exact) mass is 213 g/mol. The van der Waals surface area contributed by atoms with E-state index in [0.29, 0.717) is 17.8 Å². The molecular weight excluding hydrogens is 198 g/mol. The Morgan fingerprint density at radius 3 is 2.75 bits per heavy atom. The molecule has 1 saturated carbocycles. The van der Waals surface area contributed by atoms with Crippen molar-refractivity contribution in [2.75, 3.05) is 0 Å². The molecule has 82 valence electrons. The molecule has 2 heteroatoms. The summed E-state index contributed by atoms with van der Waals surface area (Å²) in [5.74, 6) is 0.621. The van der Waals surface area contributed by atoms with Crippen molar-refractivity contribution in [3.05, 3.63) is 35.4 Å². The van der Waals surface area contributed by atoms with Crippen LogP contribution in [0.3, 0.4) is 0 Å². The number of hydrogen-bond donors (Lipinski definition) is 0. The Labute approximate surface area is 95.9 Å². The summed E-state index contributed by atoms with van der Waals surface area (Å²) in [4.78, 5) is 11.8. The fourth-order valence-electron chi connectivity index (χ4n) is 2.40. The van der Waals surface area contributed by atoms with E-state index in [4.69, 9.17) is 5.26 Å². The van der Waals surface area contributed by atoms with E-state index < -0.39 is 0 Å². The fourth-order valence-corrected chi connectivity index (χ4v) is 2.40. The highest BCUT2D eigenvalue weighted by Crippen LogP contribution is 2.43. The van der Waals surface area contributed by atoms with Crippen LogP contribution in [-0.2, 0) is 4.79 Å². The van der Waals surface area contributed by atoms with Gasteiger partial charge in [0, 0.05) is 11.8 Å². The standard InChI is InChI=1S/C14H15NO/c1-14(2)8-12(7-13(14)16)11-5-3-4-10(6-11)9-15/h3-6,12H,7-8H2,1-2H3/t12-/m0/s1. The first-order chi connectivity index (χ1) is 7.53. The normalized spacial score (nSPS) is 23.1. The number of carbonyl (C=O) groups is 1. The van der Waals surface area contributed by atoms with Crippen LogP contribution in [0.4, 0.5) is 0 Å². The highest BCUT2D eigenvalue weighted by molar-refractivity contribution is 5.87. The Morgan fingerprint density at radius 1 is 1.44 bits per heavy atom. The van der Waals surface area contributed by atoms with Gasteiger partial charge in [-0.05, 0) is 30.0 Å². The molecule has 1 fully saturated rings. The smallest absolute Gasteiger partial charge is 0.139 e. The Morgan fingerprint density at radius 2 is 2.19 bits per heavy atom. The summed E-state index contributed by atoms with van der Waals surface area (Å²) < 4.78 is 0. The van der Waals surface area contributed by atoms with Crippen molar-refractivity contribution in [1.29, 1.82) is 5.26 Å². The second-order valence-corrected chi connectivity index (χ2v) is 5.15. The van der Waals surface area contributed by atoms with Gasteiger partial charge in [0.05, 0.1) is 11.6 Å². The zero-order valence-electron chi connectivity index (χ0n) is 9.66. The van der Waals surface area contributed by atoms with Crippen LogP contribution in [0.1, 0.15) is 43.7 Å². The number of nitrogens with zero attached hydrogens (tertiary/aromatic N) is 1. The number of Topliss-reactive ketones (excluding diaryl/α,β-unsaturated/α-hetero) is 1. The van der Waals surface area contributed by atoms with Crippen LogP contribution in [0, 0.1) is 16.7 Å². The number of rotatable bonds is 1. The van der Waals surface area contributed by atoms with Gasteiger partial charge in [0.15, 0.2) is 0 Å². The predicted octanol–water partition coefficient (Wildman–Crippen LogP) is 3.03. The van der Waals surface area contributed by atoms with Gasteiger partial charge in [0.2, 0.25) is 0 Å². The van der Waals surface area contributed by atoms with Gasteiger partial charge in [0.1, 0.15) is 5.78 Å². The molecule has 0 unspecified atom stereocenters. The van der Waals surface area contributed by atoms with E-state index >= 15 is 0 Å². The number of hydrogen-bond acceptors (Lipinski definition) is 2. The Bertz CT molecular complexity index is 468. The molecule has 0 saturated heterocycles. The quantitative estimate of drug-likeness (QED) is 0.719. The molecule has 16 heavy (non-hydrogen) atoms. The Balaban J connectivity index is 2.27. The summed E-state index contributed by atoms with van der Waals surface area (Å²) in [6, 6.07) is 9.74. The first-order valence-corrected chi connectivity index (χ1v) is 5.56. The summed E-state index contributed by atoms with van der Waals surface area (Å²) in [5, 5.41) is 8.84. The molecule has 0 spiro atoms. The average Bonchev–Trinajstić information content (AvgIpc) is 2.54. The van der Waals surface area contributed by atoms with Gasteiger partial charge in [-0.15, -0.1) is 0 Å². The van der Waals surface area contributed by atoms with Crippen LogP contribution in [0.5, 0.6) is 0 Å². The fraction of sp³-hybridized carbons (Fsp3) is 0.429. The summed E-state index contributed by atoms with van der Waals surface area (Å²) in [7, 11) is 0. The van der Waals surface area contributed by atoms with Crippen molar-refractivity contribution in [2.24, 2.45) is 5.41 Å². The first-order valence-electron chi connectivity index (χ1n) is 5.56. The lowest BCUT2D eigenvalue weighted by Crippen LogP contribution is -2.15. The lowest BCUT2D eigenvalue weighted by Gasteiger charge is -2.15. The lowest BCUT2D eigenvalue weighted by molar-refractivity contribution is -0.124. The van der Waals surface area contributed by atoms with Crippen molar-refractivity contribution < 1.29 is 4.79 Å². The summed E-state index contributed by atoms with van der Waals surface area (Å²) >= 11 is 0. The van der Waals surface area contributed by atoms with Crippen molar-refractivity contribution >= 4 is 5.78 Å². The van der Waals surface area contributed by atoms with E-state index in [1.54, 1.807) is 6.07 Å². The maximum absolute atomic E-state index is 11.8. The SMILES string of the molecule is CC1(C)C[C@@H](c2cccc(C#N)c2)CC1=O. The van der Waals surface area contributed by atoms with Crippen molar-refractivity contribution in [3.63, 3.8) is 0 Å². The summed E-state index contributed by atoms with van der Waals surface area (Å²) in [6.07, 6.45) is 1.50. The van der Waals surface area contributed by atoms with E-state index in [0.717, 1.165) is 12.0 Å². The third kappa shape index (κ3) is 1.86. The van der Waals surface area contributed by atoms with Crippen LogP contribution in [0.25, 0.3) is 0 Å². The number of benzene rings is 1. The zero-order chi connectivity index (χ0) is 11.8. The molecule has 1 atom stereocenters. The van der Waals surface area contributed by atoms with E-state index in [2.05, 4.69) is 6.07 Å². The molecule has 0 aromatic heterocycles. The number of carbonyl (C=O) groups excluding carboxylic acids is 1. The molecule has 0 N–H and O–H groups in total. The molecule has 0 bridgehead atoms. The molecule has 0 amide bonds. The minimum Gasteiger partial charge on any atom is -0.299 e. The lowest BCUT2D eigenvalue weighted by atomic mass is 9.88. The summed E-state index contributed by atoms with van der Waals surface area (Å²) in [5.41, 5.74) is 1.60. The minimum atomic E-state index is -0.201. The third-order valence-electron chi connectivity index (χ3n) is 3.43. The molecule has 0 heterocycles. The van der Waals surface area contributed by atoms with E-state index in [-0.39, 0.29) is 11.3 Å². The van der Waals surface area contributed by atoms with Crippen LogP contribution in [0.2, 0.25) is 0 Å². The van der Waals surface area contributed by atoms with E-state index in [1.165, 1.54) is 0 Å². The topological polar surface area (TPSA) is 40.9 Å². The molecule has 1 aliphatic rings. The maximum Gasteiger partial charge on any atom is 0.139 e. The van der Waals surface area contributed by atoms with E-state index in [1.807, 2.05) is 32.0 Å². The molecule has 0 aliphatic heterocycles. The Kier molecular flexibility index (Phi) is 2.55. The van der Waals surface area contributed by atoms with Crippen LogP contribution in [-0.4, -0.2) is 5.78 Å². The average molecular weight is 213 g/mol.